The molecule has 0 radical (unpaired) electrons. The second kappa shape index (κ2) is 7.58. The monoisotopic (exact) mass is 379 g/mol. The first-order valence-corrected chi connectivity index (χ1v) is 8.81. The molecule has 0 saturated heterocycles. The van der Waals surface area contributed by atoms with Gasteiger partial charge in [-0.1, -0.05) is 13.8 Å². The van der Waals surface area contributed by atoms with Crippen LogP contribution >= 0.6 is 15.9 Å². The molecule has 0 aliphatic rings. The number of rotatable bonds is 8. The minimum atomic E-state index is -3.54. The summed E-state index contributed by atoms with van der Waals surface area (Å²) in [5.41, 5.74) is -0.174. The van der Waals surface area contributed by atoms with Gasteiger partial charge in [0.05, 0.1) is 16.5 Å². The van der Waals surface area contributed by atoms with E-state index >= 15 is 0 Å². The van der Waals surface area contributed by atoms with Gasteiger partial charge in [-0.05, 0) is 46.0 Å². The van der Waals surface area contributed by atoms with Crippen molar-refractivity contribution >= 4 is 26.0 Å². The van der Waals surface area contributed by atoms with E-state index < -0.39 is 10.0 Å². The number of sulfonamides is 1. The summed E-state index contributed by atoms with van der Waals surface area (Å²) in [6.45, 7) is 4.95. The lowest BCUT2D eigenvalue weighted by Gasteiger charge is -2.24. The smallest absolute Gasteiger partial charge is 0.240 e. The molecule has 120 valence electrons. The summed E-state index contributed by atoms with van der Waals surface area (Å²) in [6.07, 6.45) is 0.776. The normalized spacial score (nSPS) is 12.4. The highest BCUT2D eigenvalue weighted by molar-refractivity contribution is 9.10. The summed E-state index contributed by atoms with van der Waals surface area (Å²) in [5.74, 6) is 0.592. The summed E-state index contributed by atoms with van der Waals surface area (Å²) >= 11 is 3.29. The standard InChI is InChI=1S/C14H22BrNO4S/c1-14(2,7-8-19-3)10-16-21(17,18)11-5-6-13(20-4)12(15)9-11/h5-6,9,16H,7-8,10H2,1-4H3. The molecule has 5 nitrogen and oxygen atoms in total. The average molecular weight is 380 g/mol. The Hall–Kier alpha value is -0.630. The van der Waals surface area contributed by atoms with Crippen LogP contribution in [0.2, 0.25) is 0 Å². The topological polar surface area (TPSA) is 64.6 Å². The van der Waals surface area contributed by atoms with Crippen LogP contribution in [0.15, 0.2) is 27.6 Å². The van der Waals surface area contributed by atoms with Crippen LogP contribution in [-0.4, -0.2) is 35.8 Å². The number of hydrogen-bond donors (Lipinski definition) is 1. The molecule has 21 heavy (non-hydrogen) atoms. The summed E-state index contributed by atoms with van der Waals surface area (Å²) in [7, 11) is -0.376. The molecule has 0 unspecified atom stereocenters. The fraction of sp³-hybridized carbons (Fsp3) is 0.571. The molecule has 0 amide bonds. The van der Waals surface area contributed by atoms with E-state index in [9.17, 15) is 8.42 Å². The van der Waals surface area contributed by atoms with Crippen molar-refractivity contribution in [3.63, 3.8) is 0 Å². The van der Waals surface area contributed by atoms with Crippen molar-refractivity contribution in [2.24, 2.45) is 5.41 Å². The van der Waals surface area contributed by atoms with Crippen molar-refractivity contribution in [1.82, 2.24) is 4.72 Å². The van der Waals surface area contributed by atoms with Crippen LogP contribution in [0.4, 0.5) is 0 Å². The van der Waals surface area contributed by atoms with Gasteiger partial charge < -0.3 is 9.47 Å². The number of hydrogen-bond acceptors (Lipinski definition) is 4. The molecule has 0 aliphatic carbocycles. The highest BCUT2D eigenvalue weighted by Crippen LogP contribution is 2.27. The molecular weight excluding hydrogens is 358 g/mol. The molecule has 0 spiro atoms. The largest absolute Gasteiger partial charge is 0.496 e. The van der Waals surface area contributed by atoms with E-state index in [4.69, 9.17) is 9.47 Å². The quantitative estimate of drug-likeness (QED) is 0.753. The molecule has 0 heterocycles. The zero-order valence-corrected chi connectivity index (χ0v) is 15.2. The highest BCUT2D eigenvalue weighted by Gasteiger charge is 2.22. The zero-order valence-electron chi connectivity index (χ0n) is 12.8. The van der Waals surface area contributed by atoms with Crippen LogP contribution < -0.4 is 9.46 Å². The molecule has 0 bridgehead atoms. The molecule has 0 aliphatic heterocycles. The van der Waals surface area contributed by atoms with Crippen molar-refractivity contribution in [2.45, 2.75) is 25.2 Å². The first-order valence-electron chi connectivity index (χ1n) is 6.54. The summed E-state index contributed by atoms with van der Waals surface area (Å²) in [5, 5.41) is 0. The van der Waals surface area contributed by atoms with Crippen molar-refractivity contribution < 1.29 is 17.9 Å². The van der Waals surface area contributed by atoms with Gasteiger partial charge in [0.2, 0.25) is 10.0 Å². The van der Waals surface area contributed by atoms with Gasteiger partial charge in [0.25, 0.3) is 0 Å². The van der Waals surface area contributed by atoms with Crippen LogP contribution in [0.5, 0.6) is 5.75 Å². The summed E-state index contributed by atoms with van der Waals surface area (Å²) in [4.78, 5) is 0.206. The fourth-order valence-electron chi connectivity index (χ4n) is 1.65. The lowest BCUT2D eigenvalue weighted by atomic mass is 9.90. The van der Waals surface area contributed by atoms with Crippen LogP contribution in [0, 0.1) is 5.41 Å². The van der Waals surface area contributed by atoms with E-state index in [2.05, 4.69) is 20.7 Å². The van der Waals surface area contributed by atoms with E-state index in [-0.39, 0.29) is 10.3 Å². The third-order valence-electron chi connectivity index (χ3n) is 3.16. The molecule has 0 atom stereocenters. The van der Waals surface area contributed by atoms with Gasteiger partial charge in [-0.3, -0.25) is 0 Å². The maximum absolute atomic E-state index is 12.3. The second-order valence-electron chi connectivity index (χ2n) is 5.53. The van der Waals surface area contributed by atoms with Crippen molar-refractivity contribution in [2.75, 3.05) is 27.4 Å². The third-order valence-corrected chi connectivity index (χ3v) is 5.18. The Labute approximate surface area is 135 Å². The van der Waals surface area contributed by atoms with E-state index in [1.807, 2.05) is 13.8 Å². The number of methoxy groups -OCH3 is 2. The molecule has 0 aromatic heterocycles. The van der Waals surface area contributed by atoms with Gasteiger partial charge in [0.1, 0.15) is 5.75 Å². The first-order chi connectivity index (χ1) is 9.72. The predicted octanol–water partition coefficient (Wildman–Crippen LogP) is 2.80. The van der Waals surface area contributed by atoms with Crippen molar-refractivity contribution in [3.05, 3.63) is 22.7 Å². The van der Waals surface area contributed by atoms with E-state index in [1.54, 1.807) is 13.2 Å². The van der Waals surface area contributed by atoms with Crippen molar-refractivity contribution in [1.29, 1.82) is 0 Å². The van der Waals surface area contributed by atoms with E-state index in [0.29, 0.717) is 23.4 Å². The van der Waals surface area contributed by atoms with Gasteiger partial charge in [0.15, 0.2) is 0 Å². The first kappa shape index (κ1) is 18.4. The van der Waals surface area contributed by atoms with Crippen LogP contribution in [0.3, 0.4) is 0 Å². The zero-order chi connectivity index (χ0) is 16.1. The van der Waals surface area contributed by atoms with Crippen LogP contribution in [0.25, 0.3) is 0 Å². The third kappa shape index (κ3) is 5.58. The van der Waals surface area contributed by atoms with Gasteiger partial charge in [-0.2, -0.15) is 0 Å². The highest BCUT2D eigenvalue weighted by atomic mass is 79.9. The SMILES string of the molecule is COCCC(C)(C)CNS(=O)(=O)c1ccc(OC)c(Br)c1. The molecule has 1 aromatic carbocycles. The van der Waals surface area contributed by atoms with Gasteiger partial charge in [-0.15, -0.1) is 0 Å². The number of benzene rings is 1. The number of halogens is 1. The van der Waals surface area contributed by atoms with Gasteiger partial charge in [-0.25, -0.2) is 13.1 Å². The minimum Gasteiger partial charge on any atom is -0.496 e. The molecule has 0 saturated carbocycles. The summed E-state index contributed by atoms with van der Waals surface area (Å²) in [6, 6.07) is 4.67. The van der Waals surface area contributed by atoms with Gasteiger partial charge >= 0.3 is 0 Å². The van der Waals surface area contributed by atoms with Crippen LogP contribution in [0.1, 0.15) is 20.3 Å². The Morgan fingerprint density at radius 3 is 2.48 bits per heavy atom. The van der Waals surface area contributed by atoms with Gasteiger partial charge in [0, 0.05) is 20.3 Å². The van der Waals surface area contributed by atoms with E-state index in [0.717, 1.165) is 6.42 Å². The Kier molecular flexibility index (Phi) is 6.65. The van der Waals surface area contributed by atoms with Crippen LogP contribution in [-0.2, 0) is 14.8 Å². The Bertz CT molecular complexity index is 572. The lowest BCUT2D eigenvalue weighted by Crippen LogP contribution is -2.34. The molecule has 1 N–H and O–H groups in total. The Morgan fingerprint density at radius 1 is 1.29 bits per heavy atom. The second-order valence-corrected chi connectivity index (χ2v) is 8.15. The molecule has 1 rings (SSSR count). The lowest BCUT2D eigenvalue weighted by molar-refractivity contribution is 0.153. The fourth-order valence-corrected chi connectivity index (χ4v) is 3.61. The maximum Gasteiger partial charge on any atom is 0.240 e. The minimum absolute atomic E-state index is 0.174. The average Bonchev–Trinajstić information content (AvgIpc) is 2.43. The summed E-state index contributed by atoms with van der Waals surface area (Å²) < 4.78 is 38.0. The number of nitrogens with one attached hydrogen (secondary N) is 1. The molecule has 0 fully saturated rings. The van der Waals surface area contributed by atoms with Crippen molar-refractivity contribution in [3.8, 4) is 5.75 Å². The Balaban J connectivity index is 2.80. The molecule has 7 heteroatoms. The Morgan fingerprint density at radius 2 is 1.95 bits per heavy atom. The molecule has 1 aromatic rings. The maximum atomic E-state index is 12.3. The molecular formula is C14H22BrNO4S. The predicted molar refractivity (Wildman–Crippen MR) is 86.2 cm³/mol. The van der Waals surface area contributed by atoms with E-state index in [1.165, 1.54) is 19.2 Å². The number of ether oxygens (including phenoxy) is 2.